The van der Waals surface area contributed by atoms with Crippen LogP contribution in [0.25, 0.3) is 11.4 Å². The van der Waals surface area contributed by atoms with Crippen molar-refractivity contribution < 1.29 is 18.4 Å². The number of hydrogen-bond donors (Lipinski definition) is 2. The third-order valence-electron chi connectivity index (χ3n) is 3.28. The highest BCUT2D eigenvalue weighted by atomic mass is 19.1. The minimum Gasteiger partial charge on any atom is -0.383 e. The van der Waals surface area contributed by atoms with Crippen molar-refractivity contribution in [1.29, 1.82) is 0 Å². The minimum atomic E-state index is -0.781. The molecule has 0 radical (unpaired) electrons. The van der Waals surface area contributed by atoms with Gasteiger partial charge in [0.05, 0.1) is 6.61 Å². The van der Waals surface area contributed by atoms with Gasteiger partial charge >= 0.3 is 0 Å². The third kappa shape index (κ3) is 4.11. The summed E-state index contributed by atoms with van der Waals surface area (Å²) in [7, 11) is 1.46. The van der Waals surface area contributed by atoms with Crippen LogP contribution in [-0.2, 0) is 9.53 Å². The molecule has 8 heteroatoms. The minimum absolute atomic E-state index is 0.107. The number of carbonyl (C=O) groups excluding carboxylic acids is 1. The van der Waals surface area contributed by atoms with Gasteiger partial charge in [0.25, 0.3) is 0 Å². The lowest BCUT2D eigenvalue weighted by Crippen LogP contribution is -2.44. The number of carbonyl (C=O) groups is 1. The summed E-state index contributed by atoms with van der Waals surface area (Å²) >= 11 is 0. The van der Waals surface area contributed by atoms with Crippen LogP contribution >= 0.6 is 0 Å². The van der Waals surface area contributed by atoms with Crippen LogP contribution in [0.5, 0.6) is 0 Å². The van der Waals surface area contributed by atoms with E-state index in [1.54, 1.807) is 26.0 Å². The summed E-state index contributed by atoms with van der Waals surface area (Å²) in [5.41, 5.74) is 6.67. The van der Waals surface area contributed by atoms with E-state index in [0.717, 1.165) is 0 Å². The number of nitrogens with two attached hydrogens (primary N) is 1. The fourth-order valence-electron chi connectivity index (χ4n) is 1.90. The molecule has 7 nitrogen and oxygen atoms in total. The maximum absolute atomic E-state index is 13.6. The first-order chi connectivity index (χ1) is 10.9. The van der Waals surface area contributed by atoms with Gasteiger partial charge in [0.1, 0.15) is 17.9 Å². The fourth-order valence-corrected chi connectivity index (χ4v) is 1.90. The van der Waals surface area contributed by atoms with E-state index in [1.165, 1.54) is 13.2 Å². The molecule has 2 rings (SSSR count). The normalized spacial score (nSPS) is 13.6. The molecule has 1 aromatic carbocycles. The van der Waals surface area contributed by atoms with E-state index in [2.05, 4.69) is 15.5 Å². The van der Waals surface area contributed by atoms with Crippen LogP contribution < -0.4 is 11.1 Å². The summed E-state index contributed by atoms with van der Waals surface area (Å²) in [5.74, 6) is -0.277. The first-order valence-corrected chi connectivity index (χ1v) is 7.07. The molecule has 2 aromatic rings. The lowest BCUT2D eigenvalue weighted by atomic mass is 10.1. The first-order valence-electron chi connectivity index (χ1n) is 7.07. The summed E-state index contributed by atoms with van der Waals surface area (Å²) in [5, 5.41) is 6.46. The predicted molar refractivity (Wildman–Crippen MR) is 80.8 cm³/mol. The summed E-state index contributed by atoms with van der Waals surface area (Å²) in [6, 6.07) is 3.36. The Morgan fingerprint density at radius 3 is 2.91 bits per heavy atom. The molecule has 1 aromatic heterocycles. The van der Waals surface area contributed by atoms with Gasteiger partial charge in [-0.3, -0.25) is 4.79 Å². The number of aryl methyl sites for hydroxylation is 1. The first kappa shape index (κ1) is 17.0. The van der Waals surface area contributed by atoms with Crippen LogP contribution in [0.3, 0.4) is 0 Å². The standard InChI is InChI=1S/C15H19FN4O3/c1-8-4-5-10(6-11(8)16)13-19-15(23-20-13)9(2)18-14(21)12(17)7-22-3/h4-6,9,12H,7,17H2,1-3H3,(H,18,21). The Hall–Kier alpha value is -2.32. The summed E-state index contributed by atoms with van der Waals surface area (Å²) in [6.45, 7) is 3.46. The average molecular weight is 322 g/mol. The average Bonchev–Trinajstić information content (AvgIpc) is 3.00. The largest absolute Gasteiger partial charge is 0.383 e. The molecule has 3 N–H and O–H groups in total. The van der Waals surface area contributed by atoms with Gasteiger partial charge in [-0.1, -0.05) is 17.3 Å². The maximum Gasteiger partial charge on any atom is 0.249 e. The molecule has 1 heterocycles. The van der Waals surface area contributed by atoms with Gasteiger partial charge in [0, 0.05) is 12.7 Å². The maximum atomic E-state index is 13.6. The number of halogens is 1. The number of amides is 1. The summed E-state index contributed by atoms with van der Waals surface area (Å²) in [4.78, 5) is 16.0. The second-order valence-corrected chi connectivity index (χ2v) is 5.21. The highest BCUT2D eigenvalue weighted by Crippen LogP contribution is 2.21. The van der Waals surface area contributed by atoms with E-state index < -0.39 is 12.1 Å². The number of benzene rings is 1. The third-order valence-corrected chi connectivity index (χ3v) is 3.28. The Labute approximate surface area is 133 Å². The van der Waals surface area contributed by atoms with Crippen LogP contribution in [-0.4, -0.2) is 35.8 Å². The molecule has 0 bridgehead atoms. The van der Waals surface area contributed by atoms with Gasteiger partial charge in [-0.05, 0) is 25.5 Å². The van der Waals surface area contributed by atoms with Crippen molar-refractivity contribution in [2.75, 3.05) is 13.7 Å². The van der Waals surface area contributed by atoms with Gasteiger partial charge in [-0.15, -0.1) is 0 Å². The second kappa shape index (κ2) is 7.30. The van der Waals surface area contributed by atoms with Crippen molar-refractivity contribution >= 4 is 5.91 Å². The Morgan fingerprint density at radius 2 is 2.26 bits per heavy atom. The topological polar surface area (TPSA) is 103 Å². The zero-order chi connectivity index (χ0) is 17.0. The van der Waals surface area contributed by atoms with E-state index >= 15 is 0 Å². The molecule has 0 aliphatic heterocycles. The highest BCUT2D eigenvalue weighted by molar-refractivity contribution is 5.81. The number of hydrogen-bond acceptors (Lipinski definition) is 6. The summed E-state index contributed by atoms with van der Waals surface area (Å²) < 4.78 is 23.5. The van der Waals surface area contributed by atoms with Crippen LogP contribution in [0.2, 0.25) is 0 Å². The van der Waals surface area contributed by atoms with Crippen molar-refractivity contribution in [2.24, 2.45) is 5.73 Å². The predicted octanol–water partition coefficient (Wildman–Crippen LogP) is 1.34. The van der Waals surface area contributed by atoms with E-state index in [1.807, 2.05) is 0 Å². The number of nitrogens with one attached hydrogen (secondary N) is 1. The molecule has 0 aliphatic rings. The molecule has 124 valence electrons. The monoisotopic (exact) mass is 322 g/mol. The van der Waals surface area contributed by atoms with Gasteiger partial charge in [-0.25, -0.2) is 4.39 Å². The molecule has 0 fully saturated rings. The molecule has 0 saturated heterocycles. The van der Waals surface area contributed by atoms with E-state index in [0.29, 0.717) is 11.1 Å². The van der Waals surface area contributed by atoms with Crippen LogP contribution in [0.4, 0.5) is 4.39 Å². The van der Waals surface area contributed by atoms with Crippen molar-refractivity contribution in [2.45, 2.75) is 25.9 Å². The molecule has 0 aliphatic carbocycles. The molecule has 0 spiro atoms. The molecule has 23 heavy (non-hydrogen) atoms. The van der Waals surface area contributed by atoms with E-state index in [4.69, 9.17) is 15.0 Å². The lowest BCUT2D eigenvalue weighted by Gasteiger charge is -2.14. The quantitative estimate of drug-likeness (QED) is 0.832. The van der Waals surface area contributed by atoms with Gasteiger partial charge < -0.3 is 20.3 Å². The highest BCUT2D eigenvalue weighted by Gasteiger charge is 2.21. The zero-order valence-electron chi connectivity index (χ0n) is 13.2. The Morgan fingerprint density at radius 1 is 1.52 bits per heavy atom. The van der Waals surface area contributed by atoms with Crippen molar-refractivity contribution in [3.8, 4) is 11.4 Å². The molecule has 2 atom stereocenters. The van der Waals surface area contributed by atoms with Crippen molar-refractivity contribution in [3.63, 3.8) is 0 Å². The molecular weight excluding hydrogens is 303 g/mol. The zero-order valence-corrected chi connectivity index (χ0v) is 13.2. The van der Waals surface area contributed by atoms with Gasteiger partial charge in [0.15, 0.2) is 0 Å². The van der Waals surface area contributed by atoms with Crippen molar-refractivity contribution in [3.05, 3.63) is 35.5 Å². The van der Waals surface area contributed by atoms with E-state index in [-0.39, 0.29) is 30.0 Å². The van der Waals surface area contributed by atoms with Crippen LogP contribution in [0.1, 0.15) is 24.4 Å². The van der Waals surface area contributed by atoms with Gasteiger partial charge in [0.2, 0.25) is 17.6 Å². The molecular formula is C15H19FN4O3. The molecule has 0 saturated carbocycles. The number of nitrogens with zero attached hydrogens (tertiary/aromatic N) is 2. The Kier molecular flexibility index (Phi) is 5.41. The smallest absolute Gasteiger partial charge is 0.249 e. The molecule has 2 unspecified atom stereocenters. The SMILES string of the molecule is COCC(N)C(=O)NC(C)c1nc(-c2ccc(C)c(F)c2)no1. The van der Waals surface area contributed by atoms with E-state index in [9.17, 15) is 9.18 Å². The fraction of sp³-hybridized carbons (Fsp3) is 0.400. The Bertz CT molecular complexity index is 689. The summed E-state index contributed by atoms with van der Waals surface area (Å²) in [6.07, 6.45) is 0. The number of rotatable bonds is 6. The van der Waals surface area contributed by atoms with Crippen molar-refractivity contribution in [1.82, 2.24) is 15.5 Å². The van der Waals surface area contributed by atoms with Crippen LogP contribution in [0.15, 0.2) is 22.7 Å². The number of ether oxygens (including phenoxy) is 1. The number of methoxy groups -OCH3 is 1. The lowest BCUT2D eigenvalue weighted by molar-refractivity contribution is -0.124. The number of aromatic nitrogens is 2. The van der Waals surface area contributed by atoms with Crippen LogP contribution in [0, 0.1) is 12.7 Å². The molecule has 1 amide bonds. The van der Waals surface area contributed by atoms with Gasteiger partial charge in [-0.2, -0.15) is 4.98 Å². The Balaban J connectivity index is 2.09. The second-order valence-electron chi connectivity index (χ2n) is 5.21.